The fourth-order valence-corrected chi connectivity index (χ4v) is 6.17. The zero-order valence-electron chi connectivity index (χ0n) is 26.6. The van der Waals surface area contributed by atoms with Crippen molar-refractivity contribution >= 4 is 23.7 Å². The number of benzene rings is 2. The van der Waals surface area contributed by atoms with E-state index in [1.165, 1.54) is 6.42 Å². The normalized spacial score (nSPS) is 15.8. The lowest BCUT2D eigenvalue weighted by atomic mass is 9.94. The van der Waals surface area contributed by atoms with E-state index in [0.29, 0.717) is 81.2 Å². The number of ether oxygens (including phenoxy) is 2. The molecule has 1 aliphatic heterocycles. The predicted octanol–water partition coefficient (Wildman–Crippen LogP) is 3.81. The molecule has 2 aliphatic rings. The van der Waals surface area contributed by atoms with Gasteiger partial charge >= 0.3 is 0 Å². The van der Waals surface area contributed by atoms with Crippen LogP contribution < -0.4 is 20.7 Å². The molecule has 1 fully saturated rings. The highest BCUT2D eigenvalue weighted by Gasteiger charge is 2.25. The van der Waals surface area contributed by atoms with Gasteiger partial charge in [-0.05, 0) is 62.0 Å². The molecule has 1 unspecified atom stereocenters. The number of hydrogen-bond donors (Lipinski definition) is 4. The van der Waals surface area contributed by atoms with Gasteiger partial charge in [0, 0.05) is 44.9 Å². The number of hydrogen-bond acceptors (Lipinski definition) is 8. The summed E-state index contributed by atoms with van der Waals surface area (Å²) < 4.78 is 26.7. The molecular weight excluding hydrogens is 577 g/mol. The first-order valence-corrected chi connectivity index (χ1v) is 16.1. The first-order chi connectivity index (χ1) is 21.9. The number of carbonyl (C=O) groups excluding carboxylic acids is 2. The number of likely N-dealkylation sites (N-methyl/N-ethyl adjacent to an activating group) is 1. The van der Waals surface area contributed by atoms with Crippen LogP contribution in [-0.2, 0) is 27.2 Å². The van der Waals surface area contributed by atoms with E-state index in [2.05, 4.69) is 20.9 Å². The van der Waals surface area contributed by atoms with Crippen LogP contribution in [-0.4, -0.2) is 94.2 Å². The van der Waals surface area contributed by atoms with Crippen molar-refractivity contribution < 1.29 is 28.6 Å². The van der Waals surface area contributed by atoms with E-state index in [1.807, 2.05) is 18.0 Å². The number of aromatic hydroxyl groups is 1. The maximum Gasteiger partial charge on any atom is 0.262 e. The van der Waals surface area contributed by atoms with Crippen LogP contribution >= 0.6 is 0 Å². The molecule has 1 aliphatic carbocycles. The molecule has 10 nitrogen and oxygen atoms in total. The summed E-state index contributed by atoms with van der Waals surface area (Å²) in [6.45, 7) is 3.07. The molecule has 246 valence electrons. The maximum atomic E-state index is 15.2. The number of rotatable bonds is 17. The Kier molecular flexibility index (Phi) is 13.6. The van der Waals surface area contributed by atoms with Gasteiger partial charge in [0.2, 0.25) is 5.91 Å². The van der Waals surface area contributed by atoms with Crippen LogP contribution in [0.5, 0.6) is 11.5 Å². The van der Waals surface area contributed by atoms with Crippen molar-refractivity contribution in [3.05, 3.63) is 52.8 Å². The minimum absolute atomic E-state index is 0.0158. The number of halogens is 1. The second-order valence-electron chi connectivity index (χ2n) is 11.7. The van der Waals surface area contributed by atoms with Gasteiger partial charge in [0.05, 0.1) is 19.6 Å². The molecule has 4 N–H and O–H groups in total. The third-order valence-electron chi connectivity index (χ3n) is 8.50. The topological polar surface area (TPSA) is 125 Å². The Labute approximate surface area is 265 Å². The lowest BCUT2D eigenvalue weighted by molar-refractivity contribution is -0.135. The third-order valence-corrected chi connectivity index (χ3v) is 8.50. The molecule has 0 spiro atoms. The number of nitrogens with zero attached hydrogens (tertiary/aromatic N) is 2. The molecule has 11 heteroatoms. The zero-order chi connectivity index (χ0) is 32.0. The van der Waals surface area contributed by atoms with Gasteiger partial charge in [-0.15, -0.1) is 0 Å². The standard InChI is InChI=1S/C34H48FN5O5/c1-36-21-26(22-37-2)28-10-6-7-24(32(28)35)14-19-44-20-15-31(43)40(27-8-4-3-5-9-27)18-17-38-16-13-25-11-12-29(41)33-34(25)45-23-30(42)39-33/h6-7,10-12,21,26-27,37-38,41H,3-5,8-9,13-20,22-23H2,1-2H3,(H,39,42). The Bertz CT molecular complexity index is 1300. The fraction of sp³-hybridized carbons (Fsp3) is 0.559. The molecule has 1 atom stereocenters. The summed E-state index contributed by atoms with van der Waals surface area (Å²) in [4.78, 5) is 31.1. The molecule has 1 heterocycles. The molecule has 0 saturated heterocycles. The second kappa shape index (κ2) is 17.8. The zero-order valence-corrected chi connectivity index (χ0v) is 26.6. The molecule has 2 aromatic rings. The van der Waals surface area contributed by atoms with Crippen molar-refractivity contribution in [1.82, 2.24) is 15.5 Å². The van der Waals surface area contributed by atoms with Crippen molar-refractivity contribution in [1.29, 1.82) is 0 Å². The van der Waals surface area contributed by atoms with Gasteiger partial charge in [0.15, 0.2) is 12.4 Å². The van der Waals surface area contributed by atoms with Crippen molar-refractivity contribution in [2.75, 3.05) is 65.4 Å². The lowest BCUT2D eigenvalue weighted by Crippen LogP contribution is -2.45. The largest absolute Gasteiger partial charge is 0.506 e. The number of amides is 2. The number of aliphatic imine (C=N–C) groups is 1. The number of nitrogens with one attached hydrogen (secondary N) is 3. The van der Waals surface area contributed by atoms with Gasteiger partial charge in [0.25, 0.3) is 5.91 Å². The van der Waals surface area contributed by atoms with Gasteiger partial charge in [0.1, 0.15) is 17.3 Å². The van der Waals surface area contributed by atoms with Crippen LogP contribution in [0.3, 0.4) is 0 Å². The van der Waals surface area contributed by atoms with Gasteiger partial charge in [-0.1, -0.05) is 43.5 Å². The molecule has 4 rings (SSSR count). The molecule has 0 bridgehead atoms. The van der Waals surface area contributed by atoms with Crippen molar-refractivity contribution in [2.24, 2.45) is 4.99 Å². The van der Waals surface area contributed by atoms with Crippen LogP contribution in [0.15, 0.2) is 35.3 Å². The molecular formula is C34H48FN5O5. The van der Waals surface area contributed by atoms with Crippen LogP contribution in [0.1, 0.15) is 61.1 Å². The van der Waals surface area contributed by atoms with Crippen LogP contribution in [0, 0.1) is 5.82 Å². The molecule has 45 heavy (non-hydrogen) atoms. The molecule has 0 aromatic heterocycles. The van der Waals surface area contributed by atoms with E-state index in [0.717, 1.165) is 31.2 Å². The van der Waals surface area contributed by atoms with Gasteiger partial charge < -0.3 is 40.4 Å². The van der Waals surface area contributed by atoms with Crippen molar-refractivity contribution in [2.45, 2.75) is 63.3 Å². The van der Waals surface area contributed by atoms with E-state index in [4.69, 9.17) is 9.47 Å². The highest BCUT2D eigenvalue weighted by atomic mass is 19.1. The summed E-state index contributed by atoms with van der Waals surface area (Å²) in [5, 5.41) is 19.3. The third kappa shape index (κ3) is 9.72. The average molecular weight is 626 g/mol. The smallest absolute Gasteiger partial charge is 0.262 e. The number of phenolic OH excluding ortho intramolecular Hbond substituents is 1. The Hall–Kier alpha value is -3.54. The first kappa shape index (κ1) is 34.3. The SMILES string of the molecule is CN=CC(CNC)c1cccc(CCOCCC(=O)N(CCNCCc2ccc(O)c3c2OCC(=O)N3)C2CCCCC2)c1F. The van der Waals surface area contributed by atoms with Crippen molar-refractivity contribution in [3.8, 4) is 11.5 Å². The van der Waals surface area contributed by atoms with Gasteiger partial charge in [-0.2, -0.15) is 0 Å². The fourth-order valence-electron chi connectivity index (χ4n) is 6.17. The van der Waals surface area contributed by atoms with Crippen LogP contribution in [0.2, 0.25) is 0 Å². The van der Waals surface area contributed by atoms with E-state index in [1.54, 1.807) is 37.5 Å². The van der Waals surface area contributed by atoms with E-state index < -0.39 is 0 Å². The summed E-state index contributed by atoms with van der Waals surface area (Å²) in [6, 6.07) is 9.05. The number of anilines is 1. The monoisotopic (exact) mass is 625 g/mol. The summed E-state index contributed by atoms with van der Waals surface area (Å²) in [5.74, 6) is -0.0789. The molecule has 2 amide bonds. The minimum atomic E-state index is -0.290. The lowest BCUT2D eigenvalue weighted by Gasteiger charge is -2.34. The summed E-state index contributed by atoms with van der Waals surface area (Å²) in [7, 11) is 3.53. The van der Waals surface area contributed by atoms with Gasteiger partial charge in [-0.3, -0.25) is 9.59 Å². The Morgan fingerprint density at radius 2 is 2.00 bits per heavy atom. The number of fused-ring (bicyclic) bond motifs is 1. The van der Waals surface area contributed by atoms with E-state index in [9.17, 15) is 14.7 Å². The maximum absolute atomic E-state index is 15.2. The van der Waals surface area contributed by atoms with E-state index >= 15 is 4.39 Å². The first-order valence-electron chi connectivity index (χ1n) is 16.1. The summed E-state index contributed by atoms with van der Waals surface area (Å²) >= 11 is 0. The summed E-state index contributed by atoms with van der Waals surface area (Å²) in [5.41, 5.74) is 2.43. The minimum Gasteiger partial charge on any atom is -0.506 e. The Balaban J connectivity index is 1.23. The van der Waals surface area contributed by atoms with Crippen LogP contribution in [0.25, 0.3) is 0 Å². The predicted molar refractivity (Wildman–Crippen MR) is 174 cm³/mol. The average Bonchev–Trinajstić information content (AvgIpc) is 3.04. The molecule has 0 radical (unpaired) electrons. The van der Waals surface area contributed by atoms with Gasteiger partial charge in [-0.25, -0.2) is 4.39 Å². The molecule has 2 aromatic carbocycles. The number of phenols is 1. The van der Waals surface area contributed by atoms with E-state index in [-0.39, 0.29) is 41.9 Å². The number of carbonyl (C=O) groups is 2. The highest BCUT2D eigenvalue weighted by Crippen LogP contribution is 2.39. The Morgan fingerprint density at radius 1 is 1.18 bits per heavy atom. The second-order valence-corrected chi connectivity index (χ2v) is 11.7. The quantitative estimate of drug-likeness (QED) is 0.120. The van der Waals surface area contributed by atoms with Crippen LogP contribution in [0.4, 0.5) is 10.1 Å². The molecule has 1 saturated carbocycles. The summed E-state index contributed by atoms with van der Waals surface area (Å²) in [6.07, 6.45) is 8.63. The highest BCUT2D eigenvalue weighted by molar-refractivity contribution is 5.97. The Morgan fingerprint density at radius 3 is 2.78 bits per heavy atom. The van der Waals surface area contributed by atoms with Crippen molar-refractivity contribution in [3.63, 3.8) is 0 Å².